The van der Waals surface area contributed by atoms with E-state index in [-0.39, 0.29) is 12.3 Å². The first-order valence-electron chi connectivity index (χ1n) is 35.5. The zero-order chi connectivity index (χ0) is 70.3. The van der Waals surface area contributed by atoms with Gasteiger partial charge in [0, 0.05) is 13.3 Å². The van der Waals surface area contributed by atoms with Gasteiger partial charge in [-0.15, -0.1) is 0 Å². The van der Waals surface area contributed by atoms with Gasteiger partial charge >= 0.3 is 0 Å². The lowest BCUT2D eigenvalue weighted by atomic mass is 9.94. The number of ether oxygens (including phenoxy) is 10. The van der Waals surface area contributed by atoms with Crippen molar-refractivity contribution in [2.75, 3.05) is 39.6 Å². The normalized spacial score (nSPS) is 36.6. The fraction of sp³-hybridized carbons (Fsp3) is 0.939. The van der Waals surface area contributed by atoms with Crippen molar-refractivity contribution in [3.8, 4) is 0 Å². The van der Waals surface area contributed by atoms with Crippen LogP contribution in [0.15, 0.2) is 12.2 Å². The van der Waals surface area contributed by atoms with Crippen LogP contribution in [0.4, 0.5) is 0 Å². The highest BCUT2D eigenvalue weighted by molar-refractivity contribution is 5.76. The Labute approximate surface area is 564 Å². The Kier molecular flexibility index (Phi) is 40.0. The number of amides is 2. The lowest BCUT2D eigenvalue weighted by Crippen LogP contribution is -2.70. The maximum Gasteiger partial charge on any atom is 0.220 e. The van der Waals surface area contributed by atoms with Gasteiger partial charge < -0.3 is 140 Å². The highest BCUT2D eigenvalue weighted by Crippen LogP contribution is 2.36. The molecule has 5 aliphatic rings. The number of nitrogens with one attached hydrogen (secondary N) is 2. The molecule has 0 radical (unpaired) electrons. The molecule has 30 heteroatoms. The van der Waals surface area contributed by atoms with Gasteiger partial charge in [-0.1, -0.05) is 167 Å². The Morgan fingerprint density at radius 1 is 0.406 bits per heavy atom. The average molecular weight is 1390 g/mol. The third-order valence-corrected chi connectivity index (χ3v) is 18.7. The maximum atomic E-state index is 13.4. The van der Waals surface area contributed by atoms with E-state index in [1.54, 1.807) is 6.08 Å². The van der Waals surface area contributed by atoms with Gasteiger partial charge in [0.05, 0.1) is 51.8 Å². The second-order valence-corrected chi connectivity index (χ2v) is 26.4. The summed E-state index contributed by atoms with van der Waals surface area (Å²) in [5.74, 6) is -1.16. The second kappa shape index (κ2) is 45.6. The molecular formula is C66H120N2O28. The zero-order valence-electron chi connectivity index (χ0n) is 56.4. The molecular weight excluding hydrogens is 1270 g/mol. The number of hydrogen-bond acceptors (Lipinski definition) is 28. The maximum absolute atomic E-state index is 13.4. The summed E-state index contributed by atoms with van der Waals surface area (Å²) >= 11 is 0. The number of aliphatic hydroxyl groups excluding tert-OH is 16. The summed E-state index contributed by atoms with van der Waals surface area (Å²) in [5, 5.41) is 181. The van der Waals surface area contributed by atoms with Crippen LogP contribution in [0, 0.1) is 0 Å². The molecule has 18 N–H and O–H groups in total. The molecule has 5 fully saturated rings. The minimum Gasteiger partial charge on any atom is -0.394 e. The lowest BCUT2D eigenvalue weighted by Gasteiger charge is -2.50. The molecule has 562 valence electrons. The molecule has 0 aromatic carbocycles. The van der Waals surface area contributed by atoms with E-state index in [9.17, 15) is 91.3 Å². The van der Waals surface area contributed by atoms with Gasteiger partial charge in [-0.3, -0.25) is 9.59 Å². The Bertz CT molecular complexity index is 2110. The Hall–Kier alpha value is -2.36. The smallest absolute Gasteiger partial charge is 0.220 e. The quantitative estimate of drug-likeness (QED) is 0.0252. The number of rotatable bonds is 46. The van der Waals surface area contributed by atoms with Crippen molar-refractivity contribution in [2.24, 2.45) is 0 Å². The SMILES string of the molecule is CCCCCCCCCCCCC/C=C/[C@@H](O)[C@H](CO[C@@H]1OC(CO)[C@@H](O[C@@H]2OC(CO)[C@H](O)[C@H](O[C@@H]3OC(CO)[C@@H](O[C@@H]4OC(CO)[C@H](O)[C@H](O[C@H]5OC(CO)[C@H](O)[C@H](O)C5O)C4O)[C@H](O)C3NC(C)=O)C2O)[C@H](O)C1O)NC(=O)CCCCCCCCCCCCCCC. The first kappa shape index (κ1) is 84.3. The predicted molar refractivity (Wildman–Crippen MR) is 340 cm³/mol. The highest BCUT2D eigenvalue weighted by Gasteiger charge is 2.57. The van der Waals surface area contributed by atoms with Crippen LogP contribution in [0.5, 0.6) is 0 Å². The standard InChI is InChI=1S/C66H120N2O28/c1-4-6-8-10-12-14-16-18-20-22-24-26-28-30-40(75)39(68-46(76)31-29-27-25-23-21-19-17-15-13-11-9-7-5-2)37-87-63-55(84)53(82)59(45(36-73)92-63)94-66-56(85)60(49(78)42(33-70)90-66)95-62-47(67-38(3)74)51(80)58(44(35-72)91-62)93-65-57(86)61(50(79)43(34-71)89-65)96-64-54(83)52(81)48(77)41(32-69)88-64/h28,30,39-45,47-66,69-73,75,77-86H,4-27,29,31-37H2,1-3H3,(H,67,74)(H,68,76)/b30-28+/t39-,40+,41?,42?,43?,44?,45?,47?,48-,49-,50-,51+,52-,53+,54?,55?,56?,57?,58+,59+,60-,61-,62-,63+,64+,65-,66-/m0/s1. The van der Waals surface area contributed by atoms with Crippen LogP contribution in [0.2, 0.25) is 0 Å². The Morgan fingerprint density at radius 3 is 1.22 bits per heavy atom. The molecule has 0 aromatic heterocycles. The summed E-state index contributed by atoms with van der Waals surface area (Å²) in [5.41, 5.74) is 0. The molecule has 5 rings (SSSR count). The molecule has 2 amide bonds. The van der Waals surface area contributed by atoms with E-state index < -0.39 is 211 Å². The van der Waals surface area contributed by atoms with Crippen LogP contribution in [-0.4, -0.2) is 299 Å². The molecule has 10 unspecified atom stereocenters. The molecule has 0 spiro atoms. The number of hydrogen-bond donors (Lipinski definition) is 18. The molecule has 5 saturated heterocycles. The van der Waals surface area contributed by atoms with E-state index in [1.807, 2.05) is 6.08 Å². The summed E-state index contributed by atoms with van der Waals surface area (Å²) in [6.45, 7) is 0.316. The molecule has 5 heterocycles. The van der Waals surface area contributed by atoms with Gasteiger partial charge in [0.25, 0.3) is 0 Å². The van der Waals surface area contributed by atoms with E-state index >= 15 is 0 Å². The number of aliphatic hydroxyl groups is 16. The Morgan fingerprint density at radius 2 is 0.771 bits per heavy atom. The lowest BCUT2D eigenvalue weighted by molar-refractivity contribution is -0.387. The van der Waals surface area contributed by atoms with Crippen LogP contribution >= 0.6 is 0 Å². The first-order chi connectivity index (χ1) is 46.2. The van der Waals surface area contributed by atoms with Crippen molar-refractivity contribution in [1.29, 1.82) is 0 Å². The molecule has 96 heavy (non-hydrogen) atoms. The van der Waals surface area contributed by atoms with E-state index in [4.69, 9.17) is 47.4 Å². The van der Waals surface area contributed by atoms with E-state index in [0.29, 0.717) is 12.8 Å². The van der Waals surface area contributed by atoms with Gasteiger partial charge in [0.2, 0.25) is 11.8 Å². The second-order valence-electron chi connectivity index (χ2n) is 26.4. The van der Waals surface area contributed by atoms with Crippen molar-refractivity contribution < 1.29 is 139 Å². The molecule has 5 aliphatic heterocycles. The van der Waals surface area contributed by atoms with Crippen LogP contribution in [0.3, 0.4) is 0 Å². The average Bonchev–Trinajstić information content (AvgIpc) is 0.775. The van der Waals surface area contributed by atoms with Crippen LogP contribution in [-0.2, 0) is 57.0 Å². The van der Waals surface area contributed by atoms with Gasteiger partial charge in [0.15, 0.2) is 31.5 Å². The molecule has 27 atom stereocenters. The fourth-order valence-corrected chi connectivity index (χ4v) is 12.9. The third-order valence-electron chi connectivity index (χ3n) is 18.7. The minimum atomic E-state index is -2.15. The summed E-state index contributed by atoms with van der Waals surface area (Å²) in [6.07, 6.45) is -14.1. The zero-order valence-corrected chi connectivity index (χ0v) is 56.4. The van der Waals surface area contributed by atoms with E-state index in [1.165, 1.54) is 96.3 Å². The van der Waals surface area contributed by atoms with E-state index in [2.05, 4.69) is 24.5 Å². The first-order valence-corrected chi connectivity index (χ1v) is 35.5. The van der Waals surface area contributed by atoms with Gasteiger partial charge in [-0.2, -0.15) is 0 Å². The van der Waals surface area contributed by atoms with E-state index in [0.717, 1.165) is 58.3 Å². The topological polar surface area (TPSA) is 474 Å². The summed E-state index contributed by atoms with van der Waals surface area (Å²) in [7, 11) is 0. The Balaban J connectivity index is 1.22. The van der Waals surface area contributed by atoms with Crippen molar-refractivity contribution in [3.05, 3.63) is 12.2 Å². The van der Waals surface area contributed by atoms with Crippen LogP contribution < -0.4 is 10.6 Å². The molecule has 0 saturated carbocycles. The minimum absolute atomic E-state index is 0.192. The number of carbonyl (C=O) groups is 2. The molecule has 30 nitrogen and oxygen atoms in total. The van der Waals surface area contributed by atoms with Crippen molar-refractivity contribution in [1.82, 2.24) is 10.6 Å². The number of allylic oxidation sites excluding steroid dienone is 1. The summed E-state index contributed by atoms with van der Waals surface area (Å²) < 4.78 is 58.2. The third kappa shape index (κ3) is 25.9. The molecule has 0 aromatic rings. The largest absolute Gasteiger partial charge is 0.394 e. The molecule has 0 aliphatic carbocycles. The number of carbonyl (C=O) groups excluding carboxylic acids is 2. The van der Waals surface area contributed by atoms with Gasteiger partial charge in [-0.25, -0.2) is 0 Å². The van der Waals surface area contributed by atoms with Gasteiger partial charge in [-0.05, 0) is 19.3 Å². The van der Waals surface area contributed by atoms with Crippen molar-refractivity contribution in [2.45, 2.75) is 353 Å². The highest BCUT2D eigenvalue weighted by atomic mass is 16.8. The van der Waals surface area contributed by atoms with Crippen LogP contribution in [0.25, 0.3) is 0 Å². The van der Waals surface area contributed by atoms with Crippen molar-refractivity contribution in [3.63, 3.8) is 0 Å². The van der Waals surface area contributed by atoms with Gasteiger partial charge in [0.1, 0.15) is 122 Å². The fourth-order valence-electron chi connectivity index (χ4n) is 12.9. The monoisotopic (exact) mass is 1390 g/mol. The van der Waals surface area contributed by atoms with Crippen LogP contribution in [0.1, 0.15) is 188 Å². The molecule has 0 bridgehead atoms. The summed E-state index contributed by atoms with van der Waals surface area (Å²) in [4.78, 5) is 26.2. The number of unbranched alkanes of at least 4 members (excludes halogenated alkanes) is 23. The van der Waals surface area contributed by atoms with Crippen molar-refractivity contribution >= 4 is 11.8 Å². The summed E-state index contributed by atoms with van der Waals surface area (Å²) in [6, 6.07) is -2.81. The predicted octanol–water partition coefficient (Wildman–Crippen LogP) is -1.17.